The molecule has 3 N–H and O–H groups in total. The van der Waals surface area contributed by atoms with E-state index in [4.69, 9.17) is 26.8 Å². The lowest BCUT2D eigenvalue weighted by atomic mass is 10.1. The third kappa shape index (κ3) is 4.46. The summed E-state index contributed by atoms with van der Waals surface area (Å²) in [6, 6.07) is 6.96. The largest absolute Gasteiger partial charge is 0.394 e. The van der Waals surface area contributed by atoms with Crippen molar-refractivity contribution >= 4 is 17.5 Å². The first-order valence-electron chi connectivity index (χ1n) is 8.75. The van der Waals surface area contributed by atoms with Crippen molar-refractivity contribution in [1.82, 2.24) is 9.13 Å². The fourth-order valence-electron chi connectivity index (χ4n) is 3.05. The second kappa shape index (κ2) is 8.97. The zero-order valence-electron chi connectivity index (χ0n) is 15.2. The molecule has 0 unspecified atom stereocenters. The molecule has 0 spiro atoms. The molecule has 2 heterocycles. The number of nitrogens with two attached hydrogens (primary N) is 1. The number of aromatic nitrogens is 2. The van der Waals surface area contributed by atoms with Crippen LogP contribution >= 0.6 is 11.6 Å². The molecule has 3 atom stereocenters. The molecule has 1 aliphatic rings. The molecule has 0 bridgehead atoms. The molecule has 1 saturated heterocycles. The third-order valence-corrected chi connectivity index (χ3v) is 4.80. The maximum absolute atomic E-state index is 14.0. The topological polar surface area (TPSA) is 126 Å². The van der Waals surface area contributed by atoms with Crippen molar-refractivity contribution in [3.8, 4) is 0 Å². The van der Waals surface area contributed by atoms with Crippen LogP contribution < -0.4 is 17.0 Å². The van der Waals surface area contributed by atoms with E-state index in [0.717, 1.165) is 10.1 Å². The van der Waals surface area contributed by atoms with Crippen LogP contribution in [-0.4, -0.2) is 45.5 Å². The van der Waals surface area contributed by atoms with E-state index in [2.05, 4.69) is 0 Å². The van der Waals surface area contributed by atoms with E-state index in [9.17, 15) is 23.9 Å². The van der Waals surface area contributed by atoms with Gasteiger partial charge >= 0.3 is 5.69 Å². The van der Waals surface area contributed by atoms with Gasteiger partial charge in [-0.1, -0.05) is 23.7 Å². The van der Waals surface area contributed by atoms with E-state index in [1.165, 1.54) is 0 Å². The molecule has 1 fully saturated rings. The standard InChI is InChI=1S/C18H19ClFN3O6/c19-11-3-1-10(2-4-11)9-28-13-5-16(29-14(13)8-24)22-7-12(20)17(26)23(18(22)27)15(25)6-21/h1-4,7,13-14,16,24H,5-6,8-9,21H2/t13-,14+,16+/m0/s1. The first-order chi connectivity index (χ1) is 13.8. The molecule has 1 aliphatic heterocycles. The molecule has 1 aromatic heterocycles. The molecular formula is C18H19ClFN3O6. The van der Waals surface area contributed by atoms with Gasteiger partial charge in [-0.05, 0) is 17.7 Å². The Balaban J connectivity index is 1.83. The van der Waals surface area contributed by atoms with Gasteiger partial charge < -0.3 is 20.3 Å². The second-order valence-corrected chi connectivity index (χ2v) is 6.87. The number of carbonyl (C=O) groups excluding carboxylic acids is 1. The van der Waals surface area contributed by atoms with Gasteiger partial charge in [0.05, 0.1) is 32.1 Å². The smallest absolute Gasteiger partial charge is 0.340 e. The molecule has 9 nitrogen and oxygen atoms in total. The summed E-state index contributed by atoms with van der Waals surface area (Å²) in [7, 11) is 0. The van der Waals surface area contributed by atoms with Crippen LogP contribution in [0.5, 0.6) is 0 Å². The number of ether oxygens (including phenoxy) is 2. The van der Waals surface area contributed by atoms with Crippen LogP contribution in [0, 0.1) is 5.82 Å². The summed E-state index contributed by atoms with van der Waals surface area (Å²) in [5.74, 6) is -2.35. The van der Waals surface area contributed by atoms with Crippen molar-refractivity contribution in [3.63, 3.8) is 0 Å². The van der Waals surface area contributed by atoms with Crippen LogP contribution in [0.1, 0.15) is 23.0 Å². The lowest BCUT2D eigenvalue weighted by Crippen LogP contribution is -2.47. The minimum atomic E-state index is -1.38. The highest BCUT2D eigenvalue weighted by molar-refractivity contribution is 6.30. The van der Waals surface area contributed by atoms with Gasteiger partial charge in [0.2, 0.25) is 5.82 Å². The van der Waals surface area contributed by atoms with Crippen LogP contribution in [0.2, 0.25) is 5.02 Å². The lowest BCUT2D eigenvalue weighted by molar-refractivity contribution is -0.0661. The predicted molar refractivity (Wildman–Crippen MR) is 100 cm³/mol. The van der Waals surface area contributed by atoms with Gasteiger partial charge in [-0.25, -0.2) is 4.79 Å². The van der Waals surface area contributed by atoms with E-state index < -0.39 is 54.6 Å². The third-order valence-electron chi connectivity index (χ3n) is 4.54. The Morgan fingerprint density at radius 2 is 2.03 bits per heavy atom. The van der Waals surface area contributed by atoms with Crippen molar-refractivity contribution in [3.05, 3.63) is 67.7 Å². The van der Waals surface area contributed by atoms with E-state index in [-0.39, 0.29) is 17.6 Å². The van der Waals surface area contributed by atoms with E-state index >= 15 is 0 Å². The molecule has 0 saturated carbocycles. The lowest BCUT2D eigenvalue weighted by Gasteiger charge is -2.16. The van der Waals surface area contributed by atoms with Crippen LogP contribution in [0.15, 0.2) is 40.1 Å². The molecule has 2 aromatic rings. The maximum atomic E-state index is 14.0. The maximum Gasteiger partial charge on any atom is 0.340 e. The second-order valence-electron chi connectivity index (χ2n) is 6.43. The highest BCUT2D eigenvalue weighted by Crippen LogP contribution is 2.30. The van der Waals surface area contributed by atoms with E-state index in [0.29, 0.717) is 11.2 Å². The predicted octanol–water partition coefficient (Wildman–Crippen LogP) is 0.267. The van der Waals surface area contributed by atoms with Crippen LogP contribution in [0.3, 0.4) is 0 Å². The average Bonchev–Trinajstić information content (AvgIpc) is 3.13. The summed E-state index contributed by atoms with van der Waals surface area (Å²) in [6.07, 6.45) is -1.67. The number of hydrogen-bond acceptors (Lipinski definition) is 7. The Kier molecular flexibility index (Phi) is 6.60. The number of aliphatic hydroxyl groups excluding tert-OH is 1. The Bertz CT molecular complexity index is 1010. The van der Waals surface area contributed by atoms with Crippen molar-refractivity contribution < 1.29 is 23.8 Å². The normalized spacial score (nSPS) is 21.4. The number of halogens is 2. The molecule has 0 aliphatic carbocycles. The number of hydrogen-bond donors (Lipinski definition) is 2. The minimum absolute atomic E-state index is 0.0905. The zero-order valence-corrected chi connectivity index (χ0v) is 15.9. The fraction of sp³-hybridized carbons (Fsp3) is 0.389. The van der Waals surface area contributed by atoms with Gasteiger partial charge in [0.15, 0.2) is 0 Å². The molecule has 1 aromatic carbocycles. The van der Waals surface area contributed by atoms with Crippen molar-refractivity contribution in [1.29, 1.82) is 0 Å². The summed E-state index contributed by atoms with van der Waals surface area (Å²) in [4.78, 5) is 36.1. The van der Waals surface area contributed by atoms with Crippen molar-refractivity contribution in [2.45, 2.75) is 31.5 Å². The Labute approximate surface area is 169 Å². The highest BCUT2D eigenvalue weighted by Gasteiger charge is 2.38. The molecule has 0 amide bonds. The molecule has 156 valence electrons. The Morgan fingerprint density at radius 3 is 2.66 bits per heavy atom. The fourth-order valence-corrected chi connectivity index (χ4v) is 3.18. The first kappa shape index (κ1) is 21.3. The quantitative estimate of drug-likeness (QED) is 0.677. The van der Waals surface area contributed by atoms with Crippen LogP contribution in [0.4, 0.5) is 4.39 Å². The number of carbonyl (C=O) groups is 1. The van der Waals surface area contributed by atoms with Gasteiger partial charge in [-0.3, -0.25) is 14.2 Å². The summed E-state index contributed by atoms with van der Waals surface area (Å²) in [5, 5.41) is 10.2. The zero-order chi connectivity index (χ0) is 21.1. The molecular weight excluding hydrogens is 409 g/mol. The van der Waals surface area contributed by atoms with Crippen LogP contribution in [-0.2, 0) is 16.1 Å². The SMILES string of the molecule is NCC(=O)n1c(=O)c(F)cn([C@H]2C[C@H](OCc3ccc(Cl)cc3)[C@@H](CO)O2)c1=O. The first-order valence-corrected chi connectivity index (χ1v) is 9.12. The minimum Gasteiger partial charge on any atom is -0.394 e. The molecule has 0 radical (unpaired) electrons. The number of nitrogens with zero attached hydrogens (tertiary/aromatic N) is 2. The molecule has 3 rings (SSSR count). The summed E-state index contributed by atoms with van der Waals surface area (Å²) in [6.45, 7) is -0.848. The molecule has 11 heteroatoms. The van der Waals surface area contributed by atoms with E-state index in [1.54, 1.807) is 24.3 Å². The number of aliphatic hydroxyl groups is 1. The van der Waals surface area contributed by atoms with Gasteiger partial charge in [0.25, 0.3) is 11.5 Å². The average molecular weight is 428 g/mol. The van der Waals surface area contributed by atoms with Gasteiger partial charge in [-0.2, -0.15) is 8.96 Å². The highest BCUT2D eigenvalue weighted by atomic mass is 35.5. The van der Waals surface area contributed by atoms with Crippen molar-refractivity contribution in [2.24, 2.45) is 5.73 Å². The van der Waals surface area contributed by atoms with Crippen LogP contribution in [0.25, 0.3) is 0 Å². The number of benzene rings is 1. The summed E-state index contributed by atoms with van der Waals surface area (Å²) in [5.41, 5.74) is 3.57. The number of rotatable bonds is 6. The van der Waals surface area contributed by atoms with Gasteiger partial charge in [0.1, 0.15) is 12.3 Å². The van der Waals surface area contributed by atoms with Gasteiger partial charge in [-0.15, -0.1) is 0 Å². The monoisotopic (exact) mass is 427 g/mol. The summed E-state index contributed by atoms with van der Waals surface area (Å²) >= 11 is 5.84. The Hall–Kier alpha value is -2.37. The van der Waals surface area contributed by atoms with Gasteiger partial charge in [0, 0.05) is 11.4 Å². The Morgan fingerprint density at radius 1 is 1.34 bits per heavy atom. The summed E-state index contributed by atoms with van der Waals surface area (Å²) < 4.78 is 26.3. The van der Waals surface area contributed by atoms with E-state index in [1.807, 2.05) is 0 Å². The van der Waals surface area contributed by atoms with Crippen molar-refractivity contribution in [2.75, 3.05) is 13.2 Å². The molecule has 29 heavy (non-hydrogen) atoms.